The van der Waals surface area contributed by atoms with Crippen molar-refractivity contribution >= 4 is 11.6 Å². The van der Waals surface area contributed by atoms with Crippen LogP contribution in [0.3, 0.4) is 0 Å². The molecule has 1 aromatic heterocycles. The van der Waals surface area contributed by atoms with Gasteiger partial charge in [-0.25, -0.2) is 0 Å². The molecular weight excluding hydrogens is 314 g/mol. The molecule has 1 aliphatic rings. The fraction of sp³-hybridized carbons (Fsp3) is 0.450. The standard InChI is InChI=1S/C20H27N3O2/c1-14-18(19(20(21)25)15(2)23(14)12-5-13-24)16-6-8-17(9-7-16)22-10-3-4-11-22/h6-9,24H,3-5,10-13H2,1-2H3,(H2,21,25). The predicted octanol–water partition coefficient (Wildman–Crippen LogP) is 2.85. The number of nitrogens with zero attached hydrogens (tertiary/aromatic N) is 2. The van der Waals surface area contributed by atoms with E-state index in [1.54, 1.807) is 0 Å². The van der Waals surface area contributed by atoms with Crippen LogP contribution in [0.2, 0.25) is 0 Å². The number of primary amides is 1. The first-order valence-electron chi connectivity index (χ1n) is 9.00. The molecule has 1 saturated heterocycles. The minimum absolute atomic E-state index is 0.128. The van der Waals surface area contributed by atoms with Gasteiger partial charge in [0.2, 0.25) is 0 Å². The molecule has 0 aliphatic carbocycles. The van der Waals surface area contributed by atoms with Crippen LogP contribution in [0.4, 0.5) is 5.69 Å². The Hall–Kier alpha value is -2.27. The zero-order valence-electron chi connectivity index (χ0n) is 15.1. The average Bonchev–Trinajstić information content (AvgIpc) is 3.21. The first-order valence-corrected chi connectivity index (χ1v) is 9.00. The molecule has 0 unspecified atom stereocenters. The molecule has 1 aromatic carbocycles. The second kappa shape index (κ2) is 7.31. The van der Waals surface area contributed by atoms with Crippen molar-refractivity contribution in [2.75, 3.05) is 24.6 Å². The molecule has 1 amide bonds. The lowest BCUT2D eigenvalue weighted by Gasteiger charge is -2.18. The Kier molecular flexibility index (Phi) is 5.13. The molecule has 2 heterocycles. The first-order chi connectivity index (χ1) is 12.0. The fourth-order valence-corrected chi connectivity index (χ4v) is 3.92. The number of aliphatic hydroxyl groups is 1. The molecule has 1 aliphatic heterocycles. The Labute approximate surface area is 149 Å². The van der Waals surface area contributed by atoms with E-state index in [0.717, 1.165) is 35.6 Å². The number of hydrogen-bond donors (Lipinski definition) is 2. The van der Waals surface area contributed by atoms with Crippen molar-refractivity contribution in [1.82, 2.24) is 4.57 Å². The Morgan fingerprint density at radius 3 is 2.32 bits per heavy atom. The summed E-state index contributed by atoms with van der Waals surface area (Å²) in [7, 11) is 0. The van der Waals surface area contributed by atoms with Crippen LogP contribution in [0.5, 0.6) is 0 Å². The monoisotopic (exact) mass is 341 g/mol. The van der Waals surface area contributed by atoms with E-state index in [0.29, 0.717) is 18.5 Å². The van der Waals surface area contributed by atoms with E-state index in [1.165, 1.54) is 18.5 Å². The fourth-order valence-electron chi connectivity index (χ4n) is 3.92. The lowest BCUT2D eigenvalue weighted by atomic mass is 9.99. The van der Waals surface area contributed by atoms with Crippen molar-refractivity contribution in [2.24, 2.45) is 5.73 Å². The summed E-state index contributed by atoms with van der Waals surface area (Å²) < 4.78 is 2.08. The molecule has 5 nitrogen and oxygen atoms in total. The summed E-state index contributed by atoms with van der Waals surface area (Å²) in [6.45, 7) is 6.97. The number of nitrogens with two attached hydrogens (primary N) is 1. The Balaban J connectivity index is 2.01. The summed E-state index contributed by atoms with van der Waals surface area (Å²) in [6.07, 6.45) is 3.15. The second-order valence-corrected chi connectivity index (χ2v) is 6.75. The number of carbonyl (C=O) groups is 1. The normalized spacial score (nSPS) is 14.3. The maximum absolute atomic E-state index is 12.1. The predicted molar refractivity (Wildman–Crippen MR) is 101 cm³/mol. The lowest BCUT2D eigenvalue weighted by molar-refractivity contribution is 0.1000. The van der Waals surface area contributed by atoms with E-state index < -0.39 is 5.91 Å². The smallest absolute Gasteiger partial charge is 0.251 e. The topological polar surface area (TPSA) is 71.5 Å². The van der Waals surface area contributed by atoms with E-state index in [2.05, 4.69) is 33.7 Å². The Morgan fingerprint density at radius 2 is 1.76 bits per heavy atom. The van der Waals surface area contributed by atoms with E-state index in [-0.39, 0.29) is 6.61 Å². The molecule has 3 rings (SSSR count). The summed E-state index contributed by atoms with van der Waals surface area (Å²) in [5, 5.41) is 9.14. The van der Waals surface area contributed by atoms with Crippen molar-refractivity contribution in [3.05, 3.63) is 41.2 Å². The van der Waals surface area contributed by atoms with Crippen LogP contribution in [0.1, 0.15) is 41.0 Å². The SMILES string of the molecule is Cc1c(C(N)=O)c(-c2ccc(N3CCCC3)cc2)c(C)n1CCCO. The Bertz CT molecular complexity index is 756. The van der Waals surface area contributed by atoms with Crippen molar-refractivity contribution in [2.45, 2.75) is 39.7 Å². The van der Waals surface area contributed by atoms with Crippen molar-refractivity contribution in [1.29, 1.82) is 0 Å². The molecule has 0 bridgehead atoms. The van der Waals surface area contributed by atoms with Gasteiger partial charge in [0.05, 0.1) is 5.56 Å². The number of aromatic nitrogens is 1. The molecule has 0 saturated carbocycles. The van der Waals surface area contributed by atoms with Gasteiger partial charge in [-0.3, -0.25) is 4.79 Å². The molecule has 0 spiro atoms. The summed E-state index contributed by atoms with van der Waals surface area (Å²) >= 11 is 0. The highest BCUT2D eigenvalue weighted by Crippen LogP contribution is 2.34. The van der Waals surface area contributed by atoms with Gasteiger partial charge in [-0.05, 0) is 50.8 Å². The van der Waals surface area contributed by atoms with Crippen molar-refractivity contribution in [3.8, 4) is 11.1 Å². The number of benzene rings is 1. The summed E-state index contributed by atoms with van der Waals surface area (Å²) in [6, 6.07) is 8.42. The minimum Gasteiger partial charge on any atom is -0.396 e. The summed E-state index contributed by atoms with van der Waals surface area (Å²) in [5.41, 5.74) is 11.3. The molecule has 5 heteroatoms. The minimum atomic E-state index is -0.401. The Morgan fingerprint density at radius 1 is 1.12 bits per heavy atom. The van der Waals surface area contributed by atoms with Gasteiger partial charge in [0.15, 0.2) is 0 Å². The van der Waals surface area contributed by atoms with Crippen LogP contribution in [-0.2, 0) is 6.54 Å². The van der Waals surface area contributed by atoms with Gasteiger partial charge in [0, 0.05) is 48.9 Å². The van der Waals surface area contributed by atoms with Gasteiger partial charge in [0.25, 0.3) is 5.91 Å². The molecule has 0 radical (unpaired) electrons. The summed E-state index contributed by atoms with van der Waals surface area (Å²) in [5.74, 6) is -0.401. The molecule has 25 heavy (non-hydrogen) atoms. The molecule has 1 fully saturated rings. The third kappa shape index (κ3) is 3.29. The number of aliphatic hydroxyl groups excluding tert-OH is 1. The van der Waals surface area contributed by atoms with Crippen LogP contribution in [0, 0.1) is 13.8 Å². The lowest BCUT2D eigenvalue weighted by Crippen LogP contribution is -2.17. The summed E-state index contributed by atoms with van der Waals surface area (Å²) in [4.78, 5) is 14.5. The highest BCUT2D eigenvalue weighted by atomic mass is 16.3. The average molecular weight is 341 g/mol. The van der Waals surface area contributed by atoms with Crippen molar-refractivity contribution in [3.63, 3.8) is 0 Å². The number of anilines is 1. The van der Waals surface area contributed by atoms with Gasteiger partial charge in [-0.15, -0.1) is 0 Å². The highest BCUT2D eigenvalue weighted by molar-refractivity contribution is 6.02. The van der Waals surface area contributed by atoms with Crippen LogP contribution in [0.15, 0.2) is 24.3 Å². The quantitative estimate of drug-likeness (QED) is 0.849. The van der Waals surface area contributed by atoms with Crippen LogP contribution in [-0.4, -0.2) is 35.3 Å². The zero-order chi connectivity index (χ0) is 18.0. The van der Waals surface area contributed by atoms with Gasteiger partial charge in [-0.2, -0.15) is 0 Å². The highest BCUT2D eigenvalue weighted by Gasteiger charge is 2.22. The van der Waals surface area contributed by atoms with Gasteiger partial charge in [0.1, 0.15) is 0 Å². The molecule has 3 N–H and O–H groups in total. The molecule has 0 atom stereocenters. The number of hydrogen-bond acceptors (Lipinski definition) is 3. The third-order valence-corrected chi connectivity index (χ3v) is 5.20. The molecular formula is C20H27N3O2. The maximum Gasteiger partial charge on any atom is 0.251 e. The van der Waals surface area contributed by atoms with Crippen LogP contribution in [0.25, 0.3) is 11.1 Å². The number of amides is 1. The van der Waals surface area contributed by atoms with Crippen molar-refractivity contribution < 1.29 is 9.90 Å². The second-order valence-electron chi connectivity index (χ2n) is 6.75. The largest absolute Gasteiger partial charge is 0.396 e. The van der Waals surface area contributed by atoms with Crippen LogP contribution < -0.4 is 10.6 Å². The first kappa shape index (κ1) is 17.5. The van der Waals surface area contributed by atoms with E-state index in [1.807, 2.05) is 13.8 Å². The van der Waals surface area contributed by atoms with Crippen LogP contribution >= 0.6 is 0 Å². The van der Waals surface area contributed by atoms with Gasteiger partial charge < -0.3 is 20.3 Å². The van der Waals surface area contributed by atoms with E-state index >= 15 is 0 Å². The molecule has 2 aromatic rings. The van der Waals surface area contributed by atoms with E-state index in [9.17, 15) is 4.79 Å². The third-order valence-electron chi connectivity index (χ3n) is 5.20. The molecule has 134 valence electrons. The number of rotatable bonds is 6. The number of carbonyl (C=O) groups excluding carboxylic acids is 1. The van der Waals surface area contributed by atoms with Gasteiger partial charge in [-0.1, -0.05) is 12.1 Å². The zero-order valence-corrected chi connectivity index (χ0v) is 15.1. The van der Waals surface area contributed by atoms with E-state index in [4.69, 9.17) is 10.8 Å². The van der Waals surface area contributed by atoms with Gasteiger partial charge >= 0.3 is 0 Å². The maximum atomic E-state index is 12.1.